The number of sulfone groups is 1. The largest absolute Gasteiger partial charge is 0.390 e. The van der Waals surface area contributed by atoms with Gasteiger partial charge in [0.1, 0.15) is 0 Å². The highest BCUT2D eigenvalue weighted by molar-refractivity contribution is 7.99. The maximum atomic E-state index is 11.7. The molecule has 1 saturated carbocycles. The van der Waals surface area contributed by atoms with E-state index in [2.05, 4.69) is 0 Å². The van der Waals surface area contributed by atoms with Gasteiger partial charge in [-0.15, -0.1) is 11.8 Å². The molecule has 0 radical (unpaired) electrons. The summed E-state index contributed by atoms with van der Waals surface area (Å²) < 4.78 is 23.3. The minimum Gasteiger partial charge on any atom is -0.390 e. The first-order valence-electron chi connectivity index (χ1n) is 5.43. The summed E-state index contributed by atoms with van der Waals surface area (Å²) in [6.45, 7) is 0. The Kier molecular flexibility index (Phi) is 3.27. The first-order chi connectivity index (χ1) is 7.84. The molecule has 1 aliphatic rings. The van der Waals surface area contributed by atoms with Gasteiger partial charge in [0, 0.05) is 17.6 Å². The second-order valence-corrected chi connectivity index (χ2v) is 7.49. The summed E-state index contributed by atoms with van der Waals surface area (Å²) in [5.41, 5.74) is 0.304. The van der Waals surface area contributed by atoms with Gasteiger partial charge in [0.05, 0.1) is 10.5 Å². The number of hydrogen-bond donors (Lipinski definition) is 1. The lowest BCUT2D eigenvalue weighted by atomic mass is 10.1. The fraction of sp³-hybridized carbons (Fsp3) is 0.500. The fourth-order valence-electron chi connectivity index (χ4n) is 1.82. The Morgan fingerprint density at radius 1 is 1.41 bits per heavy atom. The highest BCUT2D eigenvalue weighted by Crippen LogP contribution is 2.39. The van der Waals surface area contributed by atoms with Gasteiger partial charge in [-0.2, -0.15) is 0 Å². The van der Waals surface area contributed by atoms with Gasteiger partial charge in [0.15, 0.2) is 9.84 Å². The van der Waals surface area contributed by atoms with Gasteiger partial charge in [-0.3, -0.25) is 0 Å². The van der Waals surface area contributed by atoms with Crippen LogP contribution < -0.4 is 0 Å². The van der Waals surface area contributed by atoms with Crippen molar-refractivity contribution < 1.29 is 13.5 Å². The van der Waals surface area contributed by atoms with Crippen LogP contribution in [0, 0.1) is 0 Å². The number of hydrogen-bond acceptors (Lipinski definition) is 4. The topological polar surface area (TPSA) is 54.4 Å². The highest BCUT2D eigenvalue weighted by Gasteiger charge is 2.40. The molecule has 1 aliphatic carbocycles. The quantitative estimate of drug-likeness (QED) is 0.850. The number of thioether (sulfide) groups is 1. The molecule has 1 fully saturated rings. The molecule has 0 bridgehead atoms. The van der Waals surface area contributed by atoms with E-state index in [9.17, 15) is 13.5 Å². The maximum Gasteiger partial charge on any atom is 0.176 e. The third-order valence-corrected chi connectivity index (χ3v) is 5.05. The lowest BCUT2D eigenvalue weighted by Crippen LogP contribution is -2.11. The van der Waals surface area contributed by atoms with Crippen molar-refractivity contribution >= 4 is 21.6 Å². The van der Waals surface area contributed by atoms with Gasteiger partial charge in [-0.25, -0.2) is 8.42 Å². The standard InChI is InChI=1S/C12H16O3S2/c1-16-10-4-3-9(8-12(13)5-6-12)7-11(10)17(2,14)15/h3-4,7,13H,5-6,8H2,1-2H3. The first-order valence-corrected chi connectivity index (χ1v) is 8.55. The molecule has 3 nitrogen and oxygen atoms in total. The average Bonchev–Trinajstić information content (AvgIpc) is 2.95. The van der Waals surface area contributed by atoms with E-state index in [1.807, 2.05) is 18.4 Å². The zero-order valence-electron chi connectivity index (χ0n) is 9.93. The van der Waals surface area contributed by atoms with E-state index >= 15 is 0 Å². The van der Waals surface area contributed by atoms with Crippen LogP contribution >= 0.6 is 11.8 Å². The molecule has 0 spiro atoms. The SMILES string of the molecule is CSc1ccc(CC2(O)CC2)cc1S(C)(=O)=O. The predicted octanol–water partition coefficient (Wildman–Crippen LogP) is 1.88. The highest BCUT2D eigenvalue weighted by atomic mass is 32.2. The molecule has 5 heteroatoms. The van der Waals surface area contributed by atoms with Gasteiger partial charge < -0.3 is 5.11 Å². The van der Waals surface area contributed by atoms with Crippen molar-refractivity contribution in [3.8, 4) is 0 Å². The van der Waals surface area contributed by atoms with Crippen LogP contribution in [0.1, 0.15) is 18.4 Å². The molecule has 0 unspecified atom stereocenters. The average molecular weight is 272 g/mol. The molecule has 0 aromatic heterocycles. The Morgan fingerprint density at radius 3 is 2.53 bits per heavy atom. The molecule has 0 saturated heterocycles. The number of rotatable bonds is 4. The third-order valence-electron chi connectivity index (χ3n) is 2.99. The van der Waals surface area contributed by atoms with E-state index < -0.39 is 15.4 Å². The van der Waals surface area contributed by atoms with Crippen molar-refractivity contribution in [2.24, 2.45) is 0 Å². The number of aliphatic hydroxyl groups is 1. The van der Waals surface area contributed by atoms with Crippen LogP contribution in [0.15, 0.2) is 28.0 Å². The normalized spacial score (nSPS) is 18.1. The summed E-state index contributed by atoms with van der Waals surface area (Å²) in [6, 6.07) is 5.41. The van der Waals surface area contributed by atoms with Crippen LogP contribution in [0.4, 0.5) is 0 Å². The Balaban J connectivity index is 2.38. The molecule has 1 aromatic rings. The Hall–Kier alpha value is -0.520. The molecule has 94 valence electrons. The van der Waals surface area contributed by atoms with Crippen molar-refractivity contribution in [1.29, 1.82) is 0 Å². The minimum absolute atomic E-state index is 0.367. The molecule has 1 N–H and O–H groups in total. The molecule has 0 aliphatic heterocycles. The van der Waals surface area contributed by atoms with Crippen molar-refractivity contribution in [2.45, 2.75) is 34.7 Å². The molecular weight excluding hydrogens is 256 g/mol. The van der Waals surface area contributed by atoms with Gasteiger partial charge >= 0.3 is 0 Å². The van der Waals surface area contributed by atoms with E-state index in [1.165, 1.54) is 18.0 Å². The van der Waals surface area contributed by atoms with Crippen LogP contribution in [0.25, 0.3) is 0 Å². The second kappa shape index (κ2) is 4.30. The van der Waals surface area contributed by atoms with E-state index in [0.29, 0.717) is 11.3 Å². The van der Waals surface area contributed by atoms with Crippen LogP contribution in [0.3, 0.4) is 0 Å². The van der Waals surface area contributed by atoms with Crippen molar-refractivity contribution in [1.82, 2.24) is 0 Å². The van der Waals surface area contributed by atoms with Crippen molar-refractivity contribution in [3.63, 3.8) is 0 Å². The molecular formula is C12H16O3S2. The summed E-state index contributed by atoms with van der Waals surface area (Å²) >= 11 is 1.42. The second-order valence-electron chi connectivity index (χ2n) is 4.66. The van der Waals surface area contributed by atoms with Crippen LogP contribution in [0.2, 0.25) is 0 Å². The minimum atomic E-state index is -3.21. The zero-order valence-corrected chi connectivity index (χ0v) is 11.6. The van der Waals surface area contributed by atoms with E-state index in [0.717, 1.165) is 23.3 Å². The van der Waals surface area contributed by atoms with Gasteiger partial charge in [-0.05, 0) is 36.8 Å². The summed E-state index contributed by atoms with van der Waals surface area (Å²) in [5.74, 6) is 0. The zero-order chi connectivity index (χ0) is 12.7. The first kappa shape index (κ1) is 12.9. The van der Waals surface area contributed by atoms with Gasteiger partial charge in [0.2, 0.25) is 0 Å². The van der Waals surface area contributed by atoms with E-state index in [-0.39, 0.29) is 0 Å². The van der Waals surface area contributed by atoms with Gasteiger partial charge in [0.25, 0.3) is 0 Å². The van der Waals surface area contributed by atoms with Crippen LogP contribution in [0.5, 0.6) is 0 Å². The Bertz CT molecular complexity index is 531. The Morgan fingerprint density at radius 2 is 2.06 bits per heavy atom. The Labute approximate surface area is 106 Å². The molecule has 17 heavy (non-hydrogen) atoms. The summed E-state index contributed by atoms with van der Waals surface area (Å²) in [5, 5.41) is 9.85. The summed E-state index contributed by atoms with van der Waals surface area (Å²) in [4.78, 5) is 1.13. The fourth-order valence-corrected chi connectivity index (χ4v) is 3.79. The lowest BCUT2D eigenvalue weighted by molar-refractivity contribution is 0.151. The van der Waals surface area contributed by atoms with Crippen LogP contribution in [-0.2, 0) is 16.3 Å². The van der Waals surface area contributed by atoms with Gasteiger partial charge in [-0.1, -0.05) is 6.07 Å². The summed E-state index contributed by atoms with van der Waals surface area (Å²) in [7, 11) is -3.21. The molecule has 1 aromatic carbocycles. The maximum absolute atomic E-state index is 11.7. The third kappa shape index (κ3) is 3.03. The number of benzene rings is 1. The molecule has 2 rings (SSSR count). The molecule has 0 heterocycles. The summed E-state index contributed by atoms with van der Waals surface area (Å²) in [6.07, 6.45) is 5.25. The molecule has 0 amide bonds. The predicted molar refractivity (Wildman–Crippen MR) is 69.2 cm³/mol. The van der Waals surface area contributed by atoms with E-state index in [4.69, 9.17) is 0 Å². The molecule has 0 atom stereocenters. The van der Waals surface area contributed by atoms with Crippen molar-refractivity contribution in [3.05, 3.63) is 23.8 Å². The van der Waals surface area contributed by atoms with E-state index in [1.54, 1.807) is 6.07 Å². The lowest BCUT2D eigenvalue weighted by Gasteiger charge is -2.11. The smallest absolute Gasteiger partial charge is 0.176 e. The van der Waals surface area contributed by atoms with Crippen molar-refractivity contribution in [2.75, 3.05) is 12.5 Å². The van der Waals surface area contributed by atoms with Crippen LogP contribution in [-0.4, -0.2) is 31.6 Å². The monoisotopic (exact) mass is 272 g/mol.